The molecule has 2 amide bonds. The predicted molar refractivity (Wildman–Crippen MR) is 97.7 cm³/mol. The van der Waals surface area contributed by atoms with E-state index in [0.717, 1.165) is 30.7 Å². The Labute approximate surface area is 157 Å². The van der Waals surface area contributed by atoms with Crippen molar-refractivity contribution in [1.29, 1.82) is 0 Å². The Morgan fingerprint density at radius 1 is 1.22 bits per heavy atom. The lowest BCUT2D eigenvalue weighted by Gasteiger charge is -2.34. The summed E-state index contributed by atoms with van der Waals surface area (Å²) >= 11 is 0. The number of carbonyl (C=O) groups excluding carboxylic acids is 2. The van der Waals surface area contributed by atoms with Gasteiger partial charge in [0.1, 0.15) is 0 Å². The molecule has 9 nitrogen and oxygen atoms in total. The first kappa shape index (κ1) is 17.4. The maximum atomic E-state index is 12.4. The Kier molecular flexibility index (Phi) is 4.74. The number of aromatic nitrogens is 4. The Hall–Kier alpha value is -2.97. The van der Waals surface area contributed by atoms with E-state index in [2.05, 4.69) is 25.7 Å². The summed E-state index contributed by atoms with van der Waals surface area (Å²) in [7, 11) is 1.72. The quantitative estimate of drug-likeness (QED) is 0.807. The number of rotatable bonds is 5. The van der Waals surface area contributed by atoms with Crippen molar-refractivity contribution in [1.82, 2.24) is 30.0 Å². The molecule has 0 atom stereocenters. The van der Waals surface area contributed by atoms with Crippen LogP contribution in [-0.2, 0) is 24.4 Å². The Bertz CT molecular complexity index is 842. The second-order valence-electron chi connectivity index (χ2n) is 6.97. The summed E-state index contributed by atoms with van der Waals surface area (Å²) in [6.07, 6.45) is 6.16. The van der Waals surface area contributed by atoms with E-state index in [-0.39, 0.29) is 17.7 Å². The zero-order valence-electron chi connectivity index (χ0n) is 15.3. The summed E-state index contributed by atoms with van der Waals surface area (Å²) < 4.78 is 1.93. The lowest BCUT2D eigenvalue weighted by Crippen LogP contribution is -2.43. The molecule has 0 spiro atoms. The normalized spacial score (nSPS) is 16.4. The van der Waals surface area contributed by atoms with Crippen molar-refractivity contribution in [3.8, 4) is 0 Å². The molecule has 2 aromatic rings. The molecule has 1 saturated carbocycles. The summed E-state index contributed by atoms with van der Waals surface area (Å²) in [6.45, 7) is 2.31. The highest BCUT2D eigenvalue weighted by Gasteiger charge is 2.31. The second kappa shape index (κ2) is 7.34. The topological polar surface area (TPSA) is 105 Å². The van der Waals surface area contributed by atoms with Gasteiger partial charge in [0, 0.05) is 31.9 Å². The summed E-state index contributed by atoms with van der Waals surface area (Å²) in [5, 5.41) is 10.2. The smallest absolute Gasteiger partial charge is 0.254 e. The van der Waals surface area contributed by atoms with Gasteiger partial charge in [-0.1, -0.05) is 6.42 Å². The van der Waals surface area contributed by atoms with E-state index in [4.69, 9.17) is 0 Å². The first-order chi connectivity index (χ1) is 13.1. The number of fused-ring (bicyclic) bond motifs is 1. The fraction of sp³-hybridized carbons (Fsp3) is 0.500. The van der Waals surface area contributed by atoms with Gasteiger partial charge in [-0.05, 0) is 18.9 Å². The number of anilines is 1. The molecule has 2 aromatic heterocycles. The fourth-order valence-electron chi connectivity index (χ4n) is 3.36. The van der Waals surface area contributed by atoms with Crippen molar-refractivity contribution in [2.75, 3.05) is 18.9 Å². The van der Waals surface area contributed by atoms with Gasteiger partial charge in [0.15, 0.2) is 0 Å². The molecule has 9 heteroatoms. The van der Waals surface area contributed by atoms with E-state index in [9.17, 15) is 9.59 Å². The maximum Gasteiger partial charge on any atom is 0.254 e. The Balaban J connectivity index is 1.35. The highest BCUT2D eigenvalue weighted by molar-refractivity contribution is 5.93. The molecule has 1 aliphatic heterocycles. The van der Waals surface area contributed by atoms with E-state index < -0.39 is 0 Å². The third-order valence-electron chi connectivity index (χ3n) is 5.18. The number of nitrogens with zero attached hydrogens (tertiary/aromatic N) is 5. The molecule has 0 aromatic carbocycles. The van der Waals surface area contributed by atoms with Crippen molar-refractivity contribution in [3.63, 3.8) is 0 Å². The minimum absolute atomic E-state index is 0.217. The molecule has 0 bridgehead atoms. The van der Waals surface area contributed by atoms with Crippen LogP contribution in [0.5, 0.6) is 0 Å². The molecule has 0 unspecified atom stereocenters. The van der Waals surface area contributed by atoms with E-state index >= 15 is 0 Å². The Morgan fingerprint density at radius 2 is 2.00 bits per heavy atom. The Morgan fingerprint density at radius 3 is 2.67 bits per heavy atom. The SMILES string of the molecule is CNc1ncc(C(=O)NCc2cc3n(n2)CCN(C(=O)C2CCC2)C3)cn1. The molecular weight excluding hydrogens is 346 g/mol. The average molecular weight is 369 g/mol. The van der Waals surface area contributed by atoms with Crippen LogP contribution in [0.3, 0.4) is 0 Å². The van der Waals surface area contributed by atoms with Crippen LogP contribution in [0.2, 0.25) is 0 Å². The van der Waals surface area contributed by atoms with Crippen LogP contribution < -0.4 is 10.6 Å². The van der Waals surface area contributed by atoms with Gasteiger partial charge < -0.3 is 15.5 Å². The molecule has 4 rings (SSSR count). The lowest BCUT2D eigenvalue weighted by atomic mass is 9.84. The minimum atomic E-state index is -0.245. The van der Waals surface area contributed by atoms with Gasteiger partial charge in [0.05, 0.1) is 36.6 Å². The van der Waals surface area contributed by atoms with Crippen molar-refractivity contribution >= 4 is 17.8 Å². The predicted octanol–water partition coefficient (Wildman–Crippen LogP) is 0.787. The molecule has 142 valence electrons. The zero-order chi connectivity index (χ0) is 18.8. The maximum absolute atomic E-state index is 12.4. The summed E-state index contributed by atoms with van der Waals surface area (Å²) in [6, 6.07) is 1.96. The van der Waals surface area contributed by atoms with Gasteiger partial charge in [0.2, 0.25) is 11.9 Å². The average Bonchev–Trinajstić information content (AvgIpc) is 3.06. The molecule has 1 fully saturated rings. The lowest BCUT2D eigenvalue weighted by molar-refractivity contribution is -0.139. The van der Waals surface area contributed by atoms with Crippen LogP contribution in [0, 0.1) is 5.92 Å². The number of amides is 2. The molecule has 2 aliphatic rings. The number of hydrogen-bond donors (Lipinski definition) is 2. The van der Waals surface area contributed by atoms with E-state index in [1.54, 1.807) is 7.05 Å². The third-order valence-corrected chi connectivity index (χ3v) is 5.18. The minimum Gasteiger partial charge on any atom is -0.357 e. The molecule has 27 heavy (non-hydrogen) atoms. The van der Waals surface area contributed by atoms with Crippen LogP contribution in [-0.4, -0.2) is 50.1 Å². The molecule has 0 radical (unpaired) electrons. The van der Waals surface area contributed by atoms with Gasteiger partial charge in [-0.3, -0.25) is 14.3 Å². The molecule has 1 aliphatic carbocycles. The van der Waals surface area contributed by atoms with Crippen LogP contribution in [0.1, 0.15) is 41.0 Å². The van der Waals surface area contributed by atoms with Crippen molar-refractivity contribution in [2.45, 2.75) is 38.9 Å². The first-order valence-electron chi connectivity index (χ1n) is 9.26. The largest absolute Gasteiger partial charge is 0.357 e. The van der Waals surface area contributed by atoms with Crippen LogP contribution in [0.4, 0.5) is 5.95 Å². The third kappa shape index (κ3) is 3.62. The van der Waals surface area contributed by atoms with E-state index in [0.29, 0.717) is 37.7 Å². The van der Waals surface area contributed by atoms with Crippen molar-refractivity contribution < 1.29 is 9.59 Å². The highest BCUT2D eigenvalue weighted by atomic mass is 16.2. The van der Waals surface area contributed by atoms with Crippen LogP contribution >= 0.6 is 0 Å². The van der Waals surface area contributed by atoms with Crippen LogP contribution in [0.15, 0.2) is 18.5 Å². The van der Waals surface area contributed by atoms with Gasteiger partial charge in [-0.2, -0.15) is 5.10 Å². The molecule has 0 saturated heterocycles. The van der Waals surface area contributed by atoms with E-state index in [1.807, 2.05) is 15.6 Å². The van der Waals surface area contributed by atoms with Crippen LogP contribution in [0.25, 0.3) is 0 Å². The zero-order valence-corrected chi connectivity index (χ0v) is 15.3. The fourth-order valence-corrected chi connectivity index (χ4v) is 3.36. The molecule has 2 N–H and O–H groups in total. The first-order valence-corrected chi connectivity index (χ1v) is 9.26. The number of nitrogens with one attached hydrogen (secondary N) is 2. The van der Waals surface area contributed by atoms with Crippen molar-refractivity contribution in [2.24, 2.45) is 5.92 Å². The standard InChI is InChI=1S/C18H23N7O2/c1-19-18-21-8-13(9-22-18)16(26)20-10-14-7-15-11-24(5-6-25(15)23-14)17(27)12-3-2-4-12/h7-9,12H,2-6,10-11H2,1H3,(H,20,26)(H,19,21,22). The molecule has 3 heterocycles. The van der Waals surface area contributed by atoms with Gasteiger partial charge in [-0.15, -0.1) is 0 Å². The second-order valence-corrected chi connectivity index (χ2v) is 6.97. The summed E-state index contributed by atoms with van der Waals surface area (Å²) in [5.41, 5.74) is 2.19. The van der Waals surface area contributed by atoms with Crippen molar-refractivity contribution in [3.05, 3.63) is 35.4 Å². The van der Waals surface area contributed by atoms with Gasteiger partial charge in [-0.25, -0.2) is 9.97 Å². The van der Waals surface area contributed by atoms with E-state index in [1.165, 1.54) is 12.4 Å². The molecular formula is C18H23N7O2. The number of hydrogen-bond acceptors (Lipinski definition) is 6. The number of carbonyl (C=O) groups is 2. The van der Waals surface area contributed by atoms with Gasteiger partial charge in [0.25, 0.3) is 5.91 Å². The van der Waals surface area contributed by atoms with Gasteiger partial charge >= 0.3 is 0 Å². The monoisotopic (exact) mass is 369 g/mol. The summed E-state index contributed by atoms with van der Waals surface area (Å²) in [5.74, 6) is 0.711. The summed E-state index contributed by atoms with van der Waals surface area (Å²) in [4.78, 5) is 34.7. The highest BCUT2D eigenvalue weighted by Crippen LogP contribution is 2.29.